The van der Waals surface area contributed by atoms with Gasteiger partial charge in [-0.25, -0.2) is 17.8 Å². The van der Waals surface area contributed by atoms with Gasteiger partial charge in [-0.1, -0.05) is 11.3 Å². The van der Waals surface area contributed by atoms with Gasteiger partial charge in [0.15, 0.2) is 5.13 Å². The first-order valence-electron chi connectivity index (χ1n) is 10.2. The van der Waals surface area contributed by atoms with E-state index in [-0.39, 0.29) is 28.9 Å². The summed E-state index contributed by atoms with van der Waals surface area (Å²) in [4.78, 5) is 8.40. The standard InChI is InChI=1S/C22H17F4N5O3S2/c1-11-5-19-15(6-17(11)23)16(7-27)20(31(19)21-29-8-13(10-32)35-21)18-4-3-14(9-28-18)36(33,34)30-12(2)22(24,25)26/h3-6,8-9,12,30,32H,10H2,1-2H3. The molecule has 1 aromatic carbocycles. The van der Waals surface area contributed by atoms with Crippen molar-refractivity contribution in [2.24, 2.45) is 0 Å². The van der Waals surface area contributed by atoms with Crippen LogP contribution in [0, 0.1) is 24.1 Å². The van der Waals surface area contributed by atoms with Crippen molar-refractivity contribution in [2.75, 3.05) is 0 Å². The summed E-state index contributed by atoms with van der Waals surface area (Å²) >= 11 is 1.12. The second-order valence-corrected chi connectivity index (χ2v) is 10.6. The number of hydrogen-bond donors (Lipinski definition) is 2. The van der Waals surface area contributed by atoms with Crippen LogP contribution in [0.3, 0.4) is 0 Å². The number of nitriles is 1. The molecule has 8 nitrogen and oxygen atoms in total. The quantitative estimate of drug-likeness (QED) is 0.355. The fourth-order valence-electron chi connectivity index (χ4n) is 3.49. The van der Waals surface area contributed by atoms with Crippen molar-refractivity contribution in [3.05, 3.63) is 58.5 Å². The first-order chi connectivity index (χ1) is 16.9. The molecule has 0 bridgehead atoms. The van der Waals surface area contributed by atoms with Crippen LogP contribution >= 0.6 is 11.3 Å². The number of aliphatic hydroxyl groups is 1. The van der Waals surface area contributed by atoms with Gasteiger partial charge < -0.3 is 5.11 Å². The Balaban J connectivity index is 1.90. The Morgan fingerprint density at radius 2 is 1.97 bits per heavy atom. The summed E-state index contributed by atoms with van der Waals surface area (Å²) in [6.45, 7) is 1.94. The molecule has 14 heteroatoms. The van der Waals surface area contributed by atoms with Crippen LogP contribution in [-0.4, -0.2) is 40.3 Å². The predicted octanol–water partition coefficient (Wildman–Crippen LogP) is 4.19. The second kappa shape index (κ2) is 9.25. The van der Waals surface area contributed by atoms with Crippen molar-refractivity contribution < 1.29 is 31.1 Å². The number of nitrogens with one attached hydrogen (secondary N) is 1. The third-order valence-corrected chi connectivity index (χ3v) is 7.85. The zero-order valence-corrected chi connectivity index (χ0v) is 20.3. The number of aryl methyl sites for hydroxylation is 1. The third kappa shape index (κ3) is 4.58. The Morgan fingerprint density at radius 3 is 2.53 bits per heavy atom. The Hall–Kier alpha value is -3.38. The molecule has 0 amide bonds. The van der Waals surface area contributed by atoms with Gasteiger partial charge in [0.25, 0.3) is 0 Å². The molecule has 0 saturated heterocycles. The van der Waals surface area contributed by atoms with Crippen LogP contribution in [0.25, 0.3) is 27.4 Å². The number of halogens is 4. The topological polar surface area (TPSA) is 121 Å². The van der Waals surface area contributed by atoms with E-state index in [0.717, 1.165) is 23.6 Å². The highest BCUT2D eigenvalue weighted by atomic mass is 32.2. The van der Waals surface area contributed by atoms with E-state index in [1.54, 1.807) is 16.2 Å². The molecule has 0 aliphatic carbocycles. The number of hydrogen-bond acceptors (Lipinski definition) is 7. The fraction of sp³-hybridized carbons (Fsp3) is 0.227. The molecule has 2 N–H and O–H groups in total. The summed E-state index contributed by atoms with van der Waals surface area (Å²) in [6.07, 6.45) is -2.47. The lowest BCUT2D eigenvalue weighted by molar-refractivity contribution is -0.147. The van der Waals surface area contributed by atoms with Crippen molar-refractivity contribution in [1.29, 1.82) is 5.26 Å². The number of rotatable bonds is 6. The molecular weight excluding hydrogens is 522 g/mol. The fourth-order valence-corrected chi connectivity index (χ4v) is 5.45. The molecular formula is C22H17F4N5O3S2. The van der Waals surface area contributed by atoms with Gasteiger partial charge in [0, 0.05) is 17.8 Å². The minimum atomic E-state index is -4.78. The summed E-state index contributed by atoms with van der Waals surface area (Å²) < 4.78 is 80.8. The van der Waals surface area contributed by atoms with Crippen LogP contribution < -0.4 is 4.72 Å². The molecule has 4 aromatic rings. The Kier molecular flexibility index (Phi) is 6.60. The number of pyridine rings is 1. The summed E-state index contributed by atoms with van der Waals surface area (Å²) in [5, 5.41) is 20.0. The second-order valence-electron chi connectivity index (χ2n) is 7.82. The van der Waals surface area contributed by atoms with Crippen LogP contribution in [0.2, 0.25) is 0 Å². The summed E-state index contributed by atoms with van der Waals surface area (Å²) in [7, 11) is -4.55. The Morgan fingerprint density at radius 1 is 1.25 bits per heavy atom. The molecule has 3 aromatic heterocycles. The number of thiazole rings is 1. The lowest BCUT2D eigenvalue weighted by Crippen LogP contribution is -2.42. The molecule has 0 aliphatic heterocycles. The maximum absolute atomic E-state index is 14.4. The molecule has 0 saturated carbocycles. The molecule has 0 spiro atoms. The zero-order valence-electron chi connectivity index (χ0n) is 18.6. The highest BCUT2D eigenvalue weighted by molar-refractivity contribution is 7.89. The number of nitrogens with zero attached hydrogens (tertiary/aromatic N) is 4. The number of sulfonamides is 1. The first-order valence-corrected chi connectivity index (χ1v) is 12.5. The van der Waals surface area contributed by atoms with Crippen LogP contribution in [0.15, 0.2) is 41.6 Å². The third-order valence-electron chi connectivity index (χ3n) is 5.36. The molecule has 0 aliphatic rings. The molecule has 0 fully saturated rings. The smallest absolute Gasteiger partial charge is 0.391 e. The highest BCUT2D eigenvalue weighted by Crippen LogP contribution is 2.37. The van der Waals surface area contributed by atoms with Crippen molar-refractivity contribution in [1.82, 2.24) is 19.3 Å². The molecule has 0 radical (unpaired) electrons. The van der Waals surface area contributed by atoms with Gasteiger partial charge in [-0.05, 0) is 43.7 Å². The van der Waals surface area contributed by atoms with E-state index < -0.39 is 33.0 Å². The normalized spacial score (nSPS) is 13.2. The predicted molar refractivity (Wildman–Crippen MR) is 123 cm³/mol. The lowest BCUT2D eigenvalue weighted by Gasteiger charge is -2.17. The van der Waals surface area contributed by atoms with E-state index in [0.29, 0.717) is 28.0 Å². The maximum Gasteiger partial charge on any atom is 0.404 e. The van der Waals surface area contributed by atoms with Crippen LogP contribution in [0.4, 0.5) is 17.6 Å². The Bertz CT molecular complexity index is 1600. The number of alkyl halides is 3. The molecule has 4 rings (SSSR count). The van der Waals surface area contributed by atoms with Crippen LogP contribution in [-0.2, 0) is 16.6 Å². The summed E-state index contributed by atoms with van der Waals surface area (Å²) in [6, 6.07) is 4.73. The van der Waals surface area contributed by atoms with Gasteiger partial charge >= 0.3 is 6.18 Å². The van der Waals surface area contributed by atoms with E-state index >= 15 is 0 Å². The molecule has 1 atom stereocenters. The van der Waals surface area contributed by atoms with Gasteiger partial charge in [0.1, 0.15) is 22.8 Å². The van der Waals surface area contributed by atoms with Crippen molar-refractivity contribution in [3.8, 4) is 22.6 Å². The monoisotopic (exact) mass is 539 g/mol. The molecule has 36 heavy (non-hydrogen) atoms. The van der Waals surface area contributed by atoms with Crippen molar-refractivity contribution >= 4 is 32.3 Å². The number of aromatic nitrogens is 3. The SMILES string of the molecule is Cc1cc2c(cc1F)c(C#N)c(-c1ccc(S(=O)(=O)NC(C)C(F)(F)F)cn1)n2-c1ncc(CO)s1. The van der Waals surface area contributed by atoms with E-state index in [2.05, 4.69) is 9.97 Å². The number of aliphatic hydroxyl groups excluding tert-OH is 1. The van der Waals surface area contributed by atoms with E-state index in [9.17, 15) is 36.3 Å². The average Bonchev–Trinajstić information content (AvgIpc) is 3.40. The molecule has 188 valence electrons. The average molecular weight is 540 g/mol. The Labute approximate surface area is 206 Å². The molecule has 3 heterocycles. The zero-order chi connectivity index (χ0) is 26.4. The lowest BCUT2D eigenvalue weighted by atomic mass is 10.1. The van der Waals surface area contributed by atoms with Gasteiger partial charge in [0.2, 0.25) is 10.0 Å². The van der Waals surface area contributed by atoms with Gasteiger partial charge in [-0.2, -0.15) is 23.2 Å². The summed E-state index contributed by atoms with van der Waals surface area (Å²) in [5.74, 6) is -0.544. The minimum absolute atomic E-state index is 0.0385. The summed E-state index contributed by atoms with van der Waals surface area (Å²) in [5.41, 5.74) is 1.05. The van der Waals surface area contributed by atoms with Crippen LogP contribution in [0.1, 0.15) is 22.9 Å². The van der Waals surface area contributed by atoms with Gasteiger partial charge in [0.05, 0.1) is 34.0 Å². The van der Waals surface area contributed by atoms with Gasteiger partial charge in [-0.15, -0.1) is 0 Å². The van der Waals surface area contributed by atoms with E-state index in [1.165, 1.54) is 24.4 Å². The van der Waals surface area contributed by atoms with E-state index in [1.807, 2.05) is 6.07 Å². The maximum atomic E-state index is 14.4. The van der Waals surface area contributed by atoms with Crippen LogP contribution in [0.5, 0.6) is 0 Å². The van der Waals surface area contributed by atoms with Crippen molar-refractivity contribution in [3.63, 3.8) is 0 Å². The number of fused-ring (bicyclic) bond motifs is 1. The van der Waals surface area contributed by atoms with Crippen molar-refractivity contribution in [2.45, 2.75) is 37.6 Å². The molecule has 1 unspecified atom stereocenters. The first kappa shape index (κ1) is 25.7. The highest BCUT2D eigenvalue weighted by Gasteiger charge is 2.39. The van der Waals surface area contributed by atoms with E-state index in [4.69, 9.17) is 0 Å². The van der Waals surface area contributed by atoms with Gasteiger partial charge in [-0.3, -0.25) is 9.55 Å². The largest absolute Gasteiger partial charge is 0.404 e. The number of benzene rings is 1. The minimum Gasteiger partial charge on any atom is -0.391 e.